The summed E-state index contributed by atoms with van der Waals surface area (Å²) in [7, 11) is 4.04. The van der Waals surface area contributed by atoms with Gasteiger partial charge < -0.3 is 14.8 Å². The number of benzene rings is 2. The average molecular weight is 366 g/mol. The molecule has 0 atom stereocenters. The van der Waals surface area contributed by atoms with E-state index in [1.54, 1.807) is 0 Å². The van der Waals surface area contributed by atoms with Gasteiger partial charge in [-0.05, 0) is 29.3 Å². The van der Waals surface area contributed by atoms with Crippen LogP contribution in [0.4, 0.5) is 5.69 Å². The highest BCUT2D eigenvalue weighted by molar-refractivity contribution is 6.38. The Morgan fingerprint density at radius 3 is 2.54 bits per heavy atom. The molecule has 1 amide bonds. The van der Waals surface area contributed by atoms with Gasteiger partial charge in [0, 0.05) is 43.8 Å². The molecule has 3 aromatic rings. The average Bonchev–Trinajstić information content (AvgIpc) is 3.27. The van der Waals surface area contributed by atoms with E-state index in [0.717, 1.165) is 27.7 Å². The number of para-hydroxylation sites is 1. The van der Waals surface area contributed by atoms with E-state index in [1.807, 2.05) is 43.3 Å². The summed E-state index contributed by atoms with van der Waals surface area (Å²) >= 11 is 6.43. The predicted molar refractivity (Wildman–Crippen MR) is 108 cm³/mol. The fourth-order valence-electron chi connectivity index (χ4n) is 3.31. The van der Waals surface area contributed by atoms with Crippen molar-refractivity contribution in [1.29, 1.82) is 0 Å². The van der Waals surface area contributed by atoms with Gasteiger partial charge in [0.2, 0.25) is 0 Å². The summed E-state index contributed by atoms with van der Waals surface area (Å²) in [6.07, 6.45) is 2.11. The van der Waals surface area contributed by atoms with Crippen molar-refractivity contribution in [2.45, 2.75) is 0 Å². The van der Waals surface area contributed by atoms with E-state index >= 15 is 0 Å². The first-order chi connectivity index (χ1) is 12.5. The van der Waals surface area contributed by atoms with Crippen molar-refractivity contribution in [3.8, 4) is 0 Å². The minimum Gasteiger partial charge on any atom is -0.378 e. The van der Waals surface area contributed by atoms with Crippen LogP contribution in [0.2, 0.25) is 5.02 Å². The highest BCUT2D eigenvalue weighted by Crippen LogP contribution is 2.30. The normalized spacial score (nSPS) is 14.0. The largest absolute Gasteiger partial charge is 0.378 e. The second-order valence-corrected chi connectivity index (χ2v) is 7.09. The van der Waals surface area contributed by atoms with Crippen molar-refractivity contribution in [3.05, 3.63) is 70.9 Å². The molecule has 4 rings (SSSR count). The van der Waals surface area contributed by atoms with Crippen molar-refractivity contribution in [1.82, 2.24) is 9.88 Å². The third-order valence-electron chi connectivity index (χ3n) is 4.82. The number of H-pyrrole nitrogens is 1. The number of carbonyl (C=O) groups excluding carboxylic acids is 1. The van der Waals surface area contributed by atoms with Crippen LogP contribution in [0.25, 0.3) is 16.5 Å². The first-order valence-corrected chi connectivity index (χ1v) is 8.94. The molecule has 0 saturated heterocycles. The molecule has 1 aliphatic heterocycles. The third kappa shape index (κ3) is 2.86. The van der Waals surface area contributed by atoms with E-state index < -0.39 is 0 Å². The number of nitrogens with one attached hydrogen (secondary N) is 1. The van der Waals surface area contributed by atoms with Crippen molar-refractivity contribution in [2.24, 2.45) is 0 Å². The molecule has 0 fully saturated rings. The van der Waals surface area contributed by atoms with Crippen molar-refractivity contribution < 1.29 is 4.79 Å². The van der Waals surface area contributed by atoms with Crippen LogP contribution in [-0.4, -0.2) is 43.0 Å². The number of aromatic amines is 1. The number of anilines is 1. The van der Waals surface area contributed by atoms with E-state index in [1.165, 1.54) is 0 Å². The lowest BCUT2D eigenvalue weighted by molar-refractivity contribution is 0.0797. The molecule has 2 heterocycles. The van der Waals surface area contributed by atoms with Crippen LogP contribution in [0, 0.1) is 0 Å². The summed E-state index contributed by atoms with van der Waals surface area (Å²) in [5.74, 6) is -0.0673. The Labute approximate surface area is 157 Å². The van der Waals surface area contributed by atoms with Crippen molar-refractivity contribution in [3.63, 3.8) is 0 Å². The van der Waals surface area contributed by atoms with Gasteiger partial charge in [0.25, 0.3) is 5.91 Å². The second kappa shape index (κ2) is 6.54. The lowest BCUT2D eigenvalue weighted by Crippen LogP contribution is -2.29. The van der Waals surface area contributed by atoms with Crippen LogP contribution in [0.1, 0.15) is 16.1 Å². The Hall–Kier alpha value is -2.72. The van der Waals surface area contributed by atoms with Gasteiger partial charge in [-0.15, -0.1) is 0 Å². The van der Waals surface area contributed by atoms with E-state index in [9.17, 15) is 4.79 Å². The third-order valence-corrected chi connectivity index (χ3v) is 5.21. The van der Waals surface area contributed by atoms with E-state index in [4.69, 9.17) is 11.6 Å². The fraction of sp³-hybridized carbons (Fsp3) is 0.190. The zero-order chi connectivity index (χ0) is 18.3. The standard InChI is InChI=1S/C21H20ClN3O/c1-24(2)16-9-7-14(8-10-16)15-11-12-25(13-15)21(26)20-19(22)17-5-3-4-6-18(17)23-20/h3-11,23H,12-13H2,1-2H3. The molecule has 5 heteroatoms. The molecular formula is C21H20ClN3O. The molecule has 0 unspecified atom stereocenters. The second-order valence-electron chi connectivity index (χ2n) is 6.72. The number of fused-ring (bicyclic) bond motifs is 1. The van der Waals surface area contributed by atoms with Gasteiger partial charge in [-0.2, -0.15) is 0 Å². The number of hydrogen-bond acceptors (Lipinski definition) is 2. The first kappa shape index (κ1) is 16.7. The van der Waals surface area contributed by atoms with Crippen molar-refractivity contribution in [2.75, 3.05) is 32.1 Å². The summed E-state index contributed by atoms with van der Waals surface area (Å²) in [6.45, 7) is 1.18. The van der Waals surface area contributed by atoms with Gasteiger partial charge in [0.1, 0.15) is 5.69 Å². The Bertz CT molecular complexity index is 1000. The molecule has 0 aliphatic carbocycles. The quantitative estimate of drug-likeness (QED) is 0.746. The molecule has 2 aromatic carbocycles. The van der Waals surface area contributed by atoms with Crippen LogP contribution in [0.5, 0.6) is 0 Å². The number of aromatic nitrogens is 1. The Balaban J connectivity index is 1.53. The number of hydrogen-bond donors (Lipinski definition) is 1. The van der Waals surface area contributed by atoms with Crippen LogP contribution >= 0.6 is 11.6 Å². The molecule has 0 bridgehead atoms. The Morgan fingerprint density at radius 1 is 1.12 bits per heavy atom. The van der Waals surface area contributed by atoms with Crippen LogP contribution in [0.15, 0.2) is 54.6 Å². The highest BCUT2D eigenvalue weighted by atomic mass is 35.5. The zero-order valence-corrected chi connectivity index (χ0v) is 15.5. The first-order valence-electron chi connectivity index (χ1n) is 8.57. The molecule has 0 saturated carbocycles. The van der Waals surface area contributed by atoms with Gasteiger partial charge in [-0.25, -0.2) is 0 Å². The monoisotopic (exact) mass is 365 g/mol. The smallest absolute Gasteiger partial charge is 0.272 e. The van der Waals surface area contributed by atoms with Gasteiger partial charge in [-0.3, -0.25) is 4.79 Å². The van der Waals surface area contributed by atoms with Crippen LogP contribution in [0.3, 0.4) is 0 Å². The van der Waals surface area contributed by atoms with E-state index in [2.05, 4.69) is 40.2 Å². The molecule has 0 radical (unpaired) electrons. The van der Waals surface area contributed by atoms with Crippen LogP contribution < -0.4 is 4.90 Å². The van der Waals surface area contributed by atoms with E-state index in [-0.39, 0.29) is 5.91 Å². The number of rotatable bonds is 3. The van der Waals surface area contributed by atoms with Gasteiger partial charge in [0.05, 0.1) is 5.02 Å². The maximum absolute atomic E-state index is 12.9. The Morgan fingerprint density at radius 2 is 1.85 bits per heavy atom. The lowest BCUT2D eigenvalue weighted by Gasteiger charge is -2.17. The molecule has 1 aliphatic rings. The van der Waals surface area contributed by atoms with Gasteiger partial charge in [-0.1, -0.05) is 48.0 Å². The highest BCUT2D eigenvalue weighted by Gasteiger charge is 2.25. The molecule has 1 aromatic heterocycles. The molecule has 1 N–H and O–H groups in total. The maximum atomic E-state index is 12.9. The SMILES string of the molecule is CN(C)c1ccc(C2=CCN(C(=O)c3[nH]c4ccccc4c3Cl)C2)cc1. The van der Waals surface area contributed by atoms with Crippen molar-refractivity contribution >= 4 is 39.7 Å². The maximum Gasteiger partial charge on any atom is 0.272 e. The zero-order valence-electron chi connectivity index (χ0n) is 14.8. The van der Waals surface area contributed by atoms with Crippen LogP contribution in [-0.2, 0) is 0 Å². The van der Waals surface area contributed by atoms with Gasteiger partial charge in [0.15, 0.2) is 0 Å². The number of carbonyl (C=O) groups is 1. The van der Waals surface area contributed by atoms with Gasteiger partial charge >= 0.3 is 0 Å². The molecule has 4 nitrogen and oxygen atoms in total. The number of nitrogens with zero attached hydrogens (tertiary/aromatic N) is 2. The minimum absolute atomic E-state index is 0.0673. The molecular weight excluding hydrogens is 346 g/mol. The topological polar surface area (TPSA) is 39.3 Å². The predicted octanol–water partition coefficient (Wildman–Crippen LogP) is 4.43. The Kier molecular flexibility index (Phi) is 4.21. The summed E-state index contributed by atoms with van der Waals surface area (Å²) in [5, 5.41) is 1.37. The fourth-order valence-corrected chi connectivity index (χ4v) is 3.60. The molecule has 26 heavy (non-hydrogen) atoms. The summed E-state index contributed by atoms with van der Waals surface area (Å²) in [6, 6.07) is 16.1. The molecule has 132 valence electrons. The minimum atomic E-state index is -0.0673. The number of amides is 1. The lowest BCUT2D eigenvalue weighted by atomic mass is 10.1. The number of halogens is 1. The summed E-state index contributed by atoms with van der Waals surface area (Å²) < 4.78 is 0. The van der Waals surface area contributed by atoms with E-state index in [0.29, 0.717) is 23.8 Å². The molecule has 0 spiro atoms. The summed E-state index contributed by atoms with van der Waals surface area (Å²) in [4.78, 5) is 20.0. The summed E-state index contributed by atoms with van der Waals surface area (Å²) in [5.41, 5.74) is 4.81.